The maximum absolute atomic E-state index is 4.68. The first kappa shape index (κ1) is 16.2. The van der Waals surface area contributed by atoms with Gasteiger partial charge >= 0.3 is 0 Å². The summed E-state index contributed by atoms with van der Waals surface area (Å²) in [6, 6.07) is 0.238. The highest BCUT2D eigenvalue weighted by Crippen LogP contribution is 2.28. The molecular formula is C15H24BrN5. The number of hydrogen-bond donors (Lipinski definition) is 1. The molecule has 1 atom stereocenters. The molecular weight excluding hydrogens is 330 g/mol. The number of hydrogen-bond acceptors (Lipinski definition) is 3. The van der Waals surface area contributed by atoms with Crippen LogP contribution in [0, 0.1) is 6.92 Å². The number of aromatic nitrogens is 4. The van der Waals surface area contributed by atoms with Gasteiger partial charge in [0, 0.05) is 37.3 Å². The van der Waals surface area contributed by atoms with Crippen molar-refractivity contribution in [3.8, 4) is 0 Å². The molecule has 0 saturated heterocycles. The van der Waals surface area contributed by atoms with E-state index >= 15 is 0 Å². The van der Waals surface area contributed by atoms with Crippen LogP contribution in [0.25, 0.3) is 0 Å². The molecule has 0 aliphatic carbocycles. The molecule has 0 amide bonds. The molecule has 1 N–H and O–H groups in total. The monoisotopic (exact) mass is 353 g/mol. The molecule has 0 fully saturated rings. The summed E-state index contributed by atoms with van der Waals surface area (Å²) in [5, 5.41) is 12.4. The van der Waals surface area contributed by atoms with Crippen LogP contribution in [0.15, 0.2) is 10.7 Å². The standard InChI is InChI=1S/C15H24BrN5/c1-6-12-15(16)14(21(7-2)19-12)8-13(17-4)11-9-18-20(5)10(11)3/h9,13,17H,6-8H2,1-5H3. The molecule has 2 heterocycles. The maximum atomic E-state index is 4.68. The predicted octanol–water partition coefficient (Wildman–Crippen LogP) is 2.77. The lowest BCUT2D eigenvalue weighted by Crippen LogP contribution is -2.21. The SMILES string of the molecule is CCc1nn(CC)c(CC(NC)c2cnn(C)c2C)c1Br. The number of likely N-dealkylation sites (N-methyl/N-ethyl adjacent to an activating group) is 1. The van der Waals surface area contributed by atoms with Crippen molar-refractivity contribution in [2.24, 2.45) is 7.05 Å². The molecule has 2 aromatic rings. The molecule has 0 bridgehead atoms. The summed E-state index contributed by atoms with van der Waals surface area (Å²) in [5.41, 5.74) is 4.82. The van der Waals surface area contributed by atoms with Crippen LogP contribution in [-0.2, 0) is 26.4 Å². The largest absolute Gasteiger partial charge is 0.313 e. The summed E-state index contributed by atoms with van der Waals surface area (Å²) >= 11 is 3.73. The average molecular weight is 354 g/mol. The summed E-state index contributed by atoms with van der Waals surface area (Å²) in [7, 11) is 3.98. The second-order valence-corrected chi connectivity index (χ2v) is 6.02. The van der Waals surface area contributed by atoms with Gasteiger partial charge in [-0.25, -0.2) is 0 Å². The second-order valence-electron chi connectivity index (χ2n) is 5.23. The van der Waals surface area contributed by atoms with Crippen LogP contribution in [0.4, 0.5) is 0 Å². The van der Waals surface area contributed by atoms with Crippen molar-refractivity contribution in [3.63, 3.8) is 0 Å². The van der Waals surface area contributed by atoms with Gasteiger partial charge in [-0.05, 0) is 43.2 Å². The second kappa shape index (κ2) is 6.75. The fourth-order valence-corrected chi connectivity index (χ4v) is 3.36. The lowest BCUT2D eigenvalue weighted by molar-refractivity contribution is 0.537. The van der Waals surface area contributed by atoms with Gasteiger partial charge in [-0.3, -0.25) is 9.36 Å². The smallest absolute Gasteiger partial charge is 0.0766 e. The molecule has 2 rings (SSSR count). The third kappa shape index (κ3) is 3.06. The average Bonchev–Trinajstić information content (AvgIpc) is 2.98. The van der Waals surface area contributed by atoms with Crippen LogP contribution in [0.5, 0.6) is 0 Å². The zero-order valence-corrected chi connectivity index (χ0v) is 15.0. The molecule has 21 heavy (non-hydrogen) atoms. The summed E-state index contributed by atoms with van der Waals surface area (Å²) in [6.07, 6.45) is 3.79. The van der Waals surface area contributed by atoms with Gasteiger partial charge in [-0.15, -0.1) is 0 Å². The maximum Gasteiger partial charge on any atom is 0.0766 e. The Balaban J connectivity index is 2.35. The molecule has 2 aromatic heterocycles. The quantitative estimate of drug-likeness (QED) is 0.868. The highest BCUT2D eigenvalue weighted by Gasteiger charge is 2.21. The Hall–Kier alpha value is -1.14. The van der Waals surface area contributed by atoms with E-state index in [-0.39, 0.29) is 6.04 Å². The van der Waals surface area contributed by atoms with Crippen LogP contribution < -0.4 is 5.32 Å². The zero-order valence-electron chi connectivity index (χ0n) is 13.4. The van der Waals surface area contributed by atoms with Gasteiger partial charge in [-0.1, -0.05) is 6.92 Å². The van der Waals surface area contributed by atoms with Crippen LogP contribution in [-0.4, -0.2) is 26.6 Å². The van der Waals surface area contributed by atoms with E-state index in [0.29, 0.717) is 0 Å². The molecule has 0 aliphatic rings. The molecule has 0 aromatic carbocycles. The van der Waals surface area contributed by atoms with E-state index in [1.54, 1.807) is 0 Å². The minimum absolute atomic E-state index is 0.238. The summed E-state index contributed by atoms with van der Waals surface area (Å²) in [5.74, 6) is 0. The highest BCUT2D eigenvalue weighted by atomic mass is 79.9. The van der Waals surface area contributed by atoms with Crippen molar-refractivity contribution < 1.29 is 0 Å². The summed E-state index contributed by atoms with van der Waals surface area (Å²) < 4.78 is 5.16. The van der Waals surface area contributed by atoms with Gasteiger partial charge in [0.05, 0.1) is 22.1 Å². The van der Waals surface area contributed by atoms with Crippen molar-refractivity contribution in [2.45, 2.75) is 46.2 Å². The van der Waals surface area contributed by atoms with Gasteiger partial charge in [-0.2, -0.15) is 10.2 Å². The van der Waals surface area contributed by atoms with E-state index < -0.39 is 0 Å². The molecule has 0 aliphatic heterocycles. The van der Waals surface area contributed by atoms with Crippen LogP contribution >= 0.6 is 15.9 Å². The highest BCUT2D eigenvalue weighted by molar-refractivity contribution is 9.10. The van der Waals surface area contributed by atoms with Crippen molar-refractivity contribution in [3.05, 3.63) is 33.3 Å². The normalized spacial score (nSPS) is 12.9. The molecule has 0 spiro atoms. The first-order valence-corrected chi connectivity index (χ1v) is 8.22. The van der Waals surface area contributed by atoms with E-state index in [9.17, 15) is 0 Å². The first-order valence-electron chi connectivity index (χ1n) is 7.43. The molecule has 1 unspecified atom stereocenters. The number of rotatable bonds is 6. The van der Waals surface area contributed by atoms with Crippen molar-refractivity contribution in [2.75, 3.05) is 7.05 Å². The minimum atomic E-state index is 0.238. The Morgan fingerprint density at radius 1 is 1.38 bits per heavy atom. The van der Waals surface area contributed by atoms with Gasteiger partial charge in [0.15, 0.2) is 0 Å². The lowest BCUT2D eigenvalue weighted by Gasteiger charge is -2.17. The van der Waals surface area contributed by atoms with Crippen molar-refractivity contribution in [1.82, 2.24) is 24.9 Å². The van der Waals surface area contributed by atoms with Gasteiger partial charge in [0.1, 0.15) is 0 Å². The Morgan fingerprint density at radius 2 is 2.10 bits per heavy atom. The van der Waals surface area contributed by atoms with Crippen molar-refractivity contribution >= 4 is 15.9 Å². The van der Waals surface area contributed by atoms with Gasteiger partial charge < -0.3 is 5.32 Å². The van der Waals surface area contributed by atoms with Crippen LogP contribution in [0.3, 0.4) is 0 Å². The van der Waals surface area contributed by atoms with Gasteiger partial charge in [0.25, 0.3) is 0 Å². The molecule has 5 nitrogen and oxygen atoms in total. The first-order chi connectivity index (χ1) is 10.0. The van der Waals surface area contributed by atoms with E-state index in [0.717, 1.165) is 29.6 Å². The fourth-order valence-electron chi connectivity index (χ4n) is 2.63. The Bertz CT molecular complexity index is 614. The predicted molar refractivity (Wildman–Crippen MR) is 88.4 cm³/mol. The number of nitrogens with one attached hydrogen (secondary N) is 1. The van der Waals surface area contributed by atoms with E-state index in [4.69, 9.17) is 0 Å². The summed E-state index contributed by atoms with van der Waals surface area (Å²) in [6.45, 7) is 7.26. The molecule has 0 saturated carbocycles. The van der Waals surface area contributed by atoms with Crippen LogP contribution in [0.2, 0.25) is 0 Å². The van der Waals surface area contributed by atoms with E-state index in [1.807, 2.05) is 25.0 Å². The third-order valence-electron chi connectivity index (χ3n) is 4.09. The Morgan fingerprint density at radius 3 is 2.57 bits per heavy atom. The Labute approximate surface area is 134 Å². The Kier molecular flexibility index (Phi) is 5.22. The zero-order chi connectivity index (χ0) is 15.6. The number of nitrogens with zero attached hydrogens (tertiary/aromatic N) is 4. The van der Waals surface area contributed by atoms with E-state index in [1.165, 1.54) is 17.0 Å². The molecule has 6 heteroatoms. The van der Waals surface area contributed by atoms with E-state index in [2.05, 4.69) is 56.9 Å². The molecule has 0 radical (unpaired) electrons. The molecule has 116 valence electrons. The van der Waals surface area contributed by atoms with Crippen LogP contribution in [0.1, 0.15) is 42.5 Å². The third-order valence-corrected chi connectivity index (χ3v) is 5.00. The van der Waals surface area contributed by atoms with Crippen molar-refractivity contribution in [1.29, 1.82) is 0 Å². The number of halogens is 1. The van der Waals surface area contributed by atoms with Gasteiger partial charge in [0.2, 0.25) is 0 Å². The number of aryl methyl sites for hydroxylation is 3. The fraction of sp³-hybridized carbons (Fsp3) is 0.600. The lowest BCUT2D eigenvalue weighted by atomic mass is 10.0. The minimum Gasteiger partial charge on any atom is -0.313 e. The topological polar surface area (TPSA) is 47.7 Å². The summed E-state index contributed by atoms with van der Waals surface area (Å²) in [4.78, 5) is 0.